The molecule has 2 rings (SSSR count). The van der Waals surface area contributed by atoms with Crippen molar-refractivity contribution in [2.24, 2.45) is 0 Å². The van der Waals surface area contributed by atoms with Crippen LogP contribution in [0.1, 0.15) is 11.1 Å². The number of nitrogen functional groups attached to an aromatic ring is 1. The molecule has 2 N–H and O–H groups in total. The summed E-state index contributed by atoms with van der Waals surface area (Å²) < 4.78 is 1.00. The smallest absolute Gasteiger partial charge is 0.101 e. The van der Waals surface area contributed by atoms with E-state index in [0.29, 0.717) is 5.56 Å². The largest absolute Gasteiger partial charge is 0.391 e. The molecule has 3 heteroatoms. The van der Waals surface area contributed by atoms with Crippen molar-refractivity contribution in [2.45, 2.75) is 6.92 Å². The highest BCUT2D eigenvalue weighted by Crippen LogP contribution is 2.32. The molecule has 1 heterocycles. The molecule has 0 radical (unpaired) electrons. The number of nitrogens with zero attached hydrogens (tertiary/aromatic N) is 1. The molecule has 0 saturated carbocycles. The molecule has 0 aliphatic heterocycles. The zero-order valence-electron chi connectivity index (χ0n) is 7.16. The summed E-state index contributed by atoms with van der Waals surface area (Å²) in [6.45, 7) is 2.02. The Morgan fingerprint density at radius 3 is 2.92 bits per heavy atom. The number of hydrogen-bond donors (Lipinski definition) is 1. The molecule has 0 aliphatic rings. The van der Waals surface area contributed by atoms with Gasteiger partial charge in [-0.3, -0.25) is 0 Å². The van der Waals surface area contributed by atoms with Crippen LogP contribution in [0.25, 0.3) is 10.1 Å². The van der Waals surface area contributed by atoms with Crippen molar-refractivity contribution in [1.29, 1.82) is 5.26 Å². The van der Waals surface area contributed by atoms with Gasteiger partial charge in [0.15, 0.2) is 0 Å². The summed E-state index contributed by atoms with van der Waals surface area (Å²) in [5, 5.41) is 10.7. The number of fused-ring (bicyclic) bond motifs is 1. The summed E-state index contributed by atoms with van der Waals surface area (Å²) in [7, 11) is 0. The first-order valence-electron chi connectivity index (χ1n) is 3.91. The van der Waals surface area contributed by atoms with E-state index in [2.05, 4.69) is 6.07 Å². The number of benzene rings is 1. The Hall–Kier alpha value is -1.53. The van der Waals surface area contributed by atoms with Crippen molar-refractivity contribution in [2.75, 3.05) is 5.73 Å². The molecule has 1 aromatic carbocycles. The lowest BCUT2D eigenvalue weighted by molar-refractivity contribution is 1.49. The van der Waals surface area contributed by atoms with E-state index in [4.69, 9.17) is 11.0 Å². The predicted octanol–water partition coefficient (Wildman–Crippen LogP) is 2.66. The van der Waals surface area contributed by atoms with Crippen molar-refractivity contribution in [1.82, 2.24) is 0 Å². The molecule has 64 valence electrons. The van der Waals surface area contributed by atoms with Gasteiger partial charge in [-0.25, -0.2) is 0 Å². The van der Waals surface area contributed by atoms with Crippen molar-refractivity contribution < 1.29 is 0 Å². The van der Waals surface area contributed by atoms with Gasteiger partial charge >= 0.3 is 0 Å². The van der Waals surface area contributed by atoms with Gasteiger partial charge in [0.05, 0.1) is 15.3 Å². The number of nitriles is 1. The molecule has 0 atom stereocenters. The van der Waals surface area contributed by atoms with Gasteiger partial charge in [-0.1, -0.05) is 6.07 Å². The highest BCUT2D eigenvalue weighted by atomic mass is 32.1. The van der Waals surface area contributed by atoms with Gasteiger partial charge in [-0.2, -0.15) is 5.26 Å². The van der Waals surface area contributed by atoms with Crippen LogP contribution in [0.5, 0.6) is 0 Å². The second-order valence-electron chi connectivity index (χ2n) is 2.93. The van der Waals surface area contributed by atoms with E-state index in [0.717, 1.165) is 15.1 Å². The molecule has 0 fully saturated rings. The Bertz CT molecular complexity index is 505. The molecule has 0 unspecified atom stereocenters. The van der Waals surface area contributed by atoms with Crippen LogP contribution in [0.4, 0.5) is 5.00 Å². The number of thiophene rings is 1. The Balaban J connectivity index is 2.94. The molecule has 2 nitrogen and oxygen atoms in total. The minimum atomic E-state index is 0.710. The second kappa shape index (κ2) is 2.75. The third kappa shape index (κ3) is 1.16. The van der Waals surface area contributed by atoms with Crippen LogP contribution in [0.2, 0.25) is 0 Å². The first-order valence-corrected chi connectivity index (χ1v) is 4.73. The van der Waals surface area contributed by atoms with Crippen LogP contribution in [-0.4, -0.2) is 0 Å². The number of aryl methyl sites for hydroxylation is 1. The number of hydrogen-bond acceptors (Lipinski definition) is 3. The fraction of sp³-hybridized carbons (Fsp3) is 0.100. The van der Waals surface area contributed by atoms with E-state index >= 15 is 0 Å². The zero-order valence-corrected chi connectivity index (χ0v) is 7.98. The number of anilines is 1. The summed E-state index contributed by atoms with van der Waals surface area (Å²) in [5.41, 5.74) is 7.57. The summed E-state index contributed by atoms with van der Waals surface area (Å²) >= 11 is 1.47. The fourth-order valence-electron chi connectivity index (χ4n) is 1.36. The van der Waals surface area contributed by atoms with E-state index in [9.17, 15) is 0 Å². The zero-order chi connectivity index (χ0) is 9.42. The van der Waals surface area contributed by atoms with Crippen LogP contribution >= 0.6 is 11.3 Å². The van der Waals surface area contributed by atoms with Gasteiger partial charge in [-0.15, -0.1) is 11.3 Å². The summed E-state index contributed by atoms with van der Waals surface area (Å²) in [6.07, 6.45) is 0. The number of nitrogens with two attached hydrogens (primary N) is 1. The SMILES string of the molecule is Cc1ccc(C#N)c2sc(N)cc12. The van der Waals surface area contributed by atoms with Gasteiger partial charge in [-0.05, 0) is 30.0 Å². The van der Waals surface area contributed by atoms with Crippen LogP contribution in [0, 0.1) is 18.3 Å². The molecule has 13 heavy (non-hydrogen) atoms. The lowest BCUT2D eigenvalue weighted by Gasteiger charge is -1.95. The quantitative estimate of drug-likeness (QED) is 0.691. The van der Waals surface area contributed by atoms with Crippen molar-refractivity contribution >= 4 is 26.4 Å². The van der Waals surface area contributed by atoms with Crippen LogP contribution in [0.3, 0.4) is 0 Å². The lowest BCUT2D eigenvalue weighted by atomic mass is 10.1. The van der Waals surface area contributed by atoms with Gasteiger partial charge in [0.25, 0.3) is 0 Å². The minimum Gasteiger partial charge on any atom is -0.391 e. The molecular weight excluding hydrogens is 180 g/mol. The summed E-state index contributed by atoms with van der Waals surface area (Å²) in [5.74, 6) is 0. The standard InChI is InChI=1S/C10H8N2S/c1-6-2-3-7(5-11)10-8(6)4-9(12)13-10/h2-4H,12H2,1H3. The minimum absolute atomic E-state index is 0.710. The van der Waals surface area contributed by atoms with Crippen molar-refractivity contribution in [3.8, 4) is 6.07 Å². The van der Waals surface area contributed by atoms with E-state index in [1.54, 1.807) is 0 Å². The monoisotopic (exact) mass is 188 g/mol. The van der Waals surface area contributed by atoms with Gasteiger partial charge in [0.2, 0.25) is 0 Å². The Morgan fingerprint density at radius 1 is 1.46 bits per heavy atom. The van der Waals surface area contributed by atoms with Gasteiger partial charge < -0.3 is 5.73 Å². The van der Waals surface area contributed by atoms with Crippen molar-refractivity contribution in [3.05, 3.63) is 29.3 Å². The average Bonchev–Trinajstić information content (AvgIpc) is 2.48. The van der Waals surface area contributed by atoms with Crippen LogP contribution in [0.15, 0.2) is 18.2 Å². The normalized spacial score (nSPS) is 10.2. The molecule has 1 aromatic heterocycles. The highest BCUT2D eigenvalue weighted by Gasteiger charge is 2.06. The molecule has 0 amide bonds. The molecule has 0 saturated heterocycles. The first kappa shape index (κ1) is 8.09. The van der Waals surface area contributed by atoms with Crippen LogP contribution in [-0.2, 0) is 0 Å². The topological polar surface area (TPSA) is 49.8 Å². The predicted molar refractivity (Wildman–Crippen MR) is 55.7 cm³/mol. The van der Waals surface area contributed by atoms with Crippen molar-refractivity contribution in [3.63, 3.8) is 0 Å². The molecule has 0 bridgehead atoms. The maximum absolute atomic E-state index is 8.85. The summed E-state index contributed by atoms with van der Waals surface area (Å²) in [4.78, 5) is 0. The highest BCUT2D eigenvalue weighted by molar-refractivity contribution is 7.22. The van der Waals surface area contributed by atoms with Crippen LogP contribution < -0.4 is 5.73 Å². The number of rotatable bonds is 0. The average molecular weight is 188 g/mol. The Labute approximate surface area is 80.2 Å². The van der Waals surface area contributed by atoms with E-state index < -0.39 is 0 Å². The van der Waals surface area contributed by atoms with E-state index in [-0.39, 0.29) is 0 Å². The molecule has 2 aromatic rings. The van der Waals surface area contributed by atoms with Gasteiger partial charge in [0.1, 0.15) is 6.07 Å². The maximum Gasteiger partial charge on any atom is 0.101 e. The Morgan fingerprint density at radius 2 is 2.23 bits per heavy atom. The third-order valence-electron chi connectivity index (χ3n) is 2.04. The maximum atomic E-state index is 8.85. The lowest BCUT2D eigenvalue weighted by Crippen LogP contribution is -1.77. The fourth-order valence-corrected chi connectivity index (χ4v) is 2.33. The molecule has 0 aliphatic carbocycles. The van der Waals surface area contributed by atoms with E-state index in [1.807, 2.05) is 25.1 Å². The van der Waals surface area contributed by atoms with E-state index in [1.165, 1.54) is 16.9 Å². The Kier molecular flexibility index (Phi) is 1.71. The third-order valence-corrected chi connectivity index (χ3v) is 3.04. The molecule has 0 spiro atoms. The second-order valence-corrected chi connectivity index (χ2v) is 4.02. The first-order chi connectivity index (χ1) is 6.22. The molecular formula is C10H8N2S. The van der Waals surface area contributed by atoms with Gasteiger partial charge in [0, 0.05) is 0 Å². The summed E-state index contributed by atoms with van der Waals surface area (Å²) in [6, 6.07) is 7.88.